The van der Waals surface area contributed by atoms with E-state index < -0.39 is 0 Å². The summed E-state index contributed by atoms with van der Waals surface area (Å²) in [5.41, 5.74) is 1.30. The van der Waals surface area contributed by atoms with Gasteiger partial charge < -0.3 is 9.40 Å². The molecule has 3 heterocycles. The molecule has 0 unspecified atom stereocenters. The van der Waals surface area contributed by atoms with Crippen molar-refractivity contribution in [2.45, 2.75) is 0 Å². The number of H-pyrrole nitrogens is 1. The van der Waals surface area contributed by atoms with Crippen LogP contribution in [0.25, 0.3) is 22.8 Å². The lowest BCUT2D eigenvalue weighted by Crippen LogP contribution is -2.05. The average molecular weight is 239 g/mol. The van der Waals surface area contributed by atoms with Crippen molar-refractivity contribution in [1.29, 1.82) is 0 Å². The van der Waals surface area contributed by atoms with Gasteiger partial charge in [-0.15, -0.1) is 0 Å². The summed E-state index contributed by atoms with van der Waals surface area (Å²) in [6, 6.07) is 8.60. The Morgan fingerprint density at radius 2 is 2.00 bits per heavy atom. The number of pyridine rings is 1. The SMILES string of the molecule is O=c1ccnc(-c2ccnc(-c3ccco3)c2)[nH]1. The highest BCUT2D eigenvalue weighted by Crippen LogP contribution is 2.21. The van der Waals surface area contributed by atoms with E-state index in [1.807, 2.05) is 12.1 Å². The Hall–Kier alpha value is -2.69. The molecule has 3 aromatic rings. The van der Waals surface area contributed by atoms with Crippen molar-refractivity contribution in [1.82, 2.24) is 15.0 Å². The van der Waals surface area contributed by atoms with Crippen molar-refractivity contribution in [3.63, 3.8) is 0 Å². The molecule has 0 fully saturated rings. The normalized spacial score (nSPS) is 10.4. The second-order valence-electron chi connectivity index (χ2n) is 3.69. The summed E-state index contributed by atoms with van der Waals surface area (Å²) in [5.74, 6) is 1.19. The molecule has 5 nitrogen and oxygen atoms in total. The molecule has 0 saturated heterocycles. The molecular formula is C13H9N3O2. The number of nitrogens with zero attached hydrogens (tertiary/aromatic N) is 2. The van der Waals surface area contributed by atoms with Crippen molar-refractivity contribution in [3.8, 4) is 22.8 Å². The van der Waals surface area contributed by atoms with Gasteiger partial charge in [-0.25, -0.2) is 4.98 Å². The predicted octanol–water partition coefficient (Wildman–Crippen LogP) is 2.09. The highest BCUT2D eigenvalue weighted by molar-refractivity contribution is 5.63. The number of aromatic nitrogens is 3. The molecule has 0 aliphatic rings. The zero-order chi connectivity index (χ0) is 12.4. The first-order valence-electron chi connectivity index (χ1n) is 5.38. The summed E-state index contributed by atoms with van der Waals surface area (Å²) < 4.78 is 5.28. The van der Waals surface area contributed by atoms with Gasteiger partial charge in [-0.1, -0.05) is 0 Å². The molecule has 0 radical (unpaired) electrons. The van der Waals surface area contributed by atoms with Gasteiger partial charge in [-0.2, -0.15) is 0 Å². The number of hydrogen-bond donors (Lipinski definition) is 1. The summed E-state index contributed by atoms with van der Waals surface area (Å²) in [5, 5.41) is 0. The van der Waals surface area contributed by atoms with Gasteiger partial charge in [0.2, 0.25) is 0 Å². The van der Waals surface area contributed by atoms with Crippen LogP contribution < -0.4 is 5.56 Å². The summed E-state index contributed by atoms with van der Waals surface area (Å²) in [4.78, 5) is 22.3. The lowest BCUT2D eigenvalue weighted by molar-refractivity contribution is 0.580. The fourth-order valence-electron chi connectivity index (χ4n) is 1.65. The molecule has 3 rings (SSSR count). The number of rotatable bonds is 2. The van der Waals surface area contributed by atoms with Crippen LogP contribution in [0.3, 0.4) is 0 Å². The smallest absolute Gasteiger partial charge is 0.251 e. The Morgan fingerprint density at radius 1 is 1.11 bits per heavy atom. The first-order valence-corrected chi connectivity index (χ1v) is 5.38. The molecular weight excluding hydrogens is 230 g/mol. The zero-order valence-electron chi connectivity index (χ0n) is 9.33. The average Bonchev–Trinajstić information content (AvgIpc) is 2.93. The third-order valence-corrected chi connectivity index (χ3v) is 2.48. The molecule has 0 atom stereocenters. The van der Waals surface area contributed by atoms with Gasteiger partial charge in [0.25, 0.3) is 5.56 Å². The van der Waals surface area contributed by atoms with Crippen LogP contribution in [0.2, 0.25) is 0 Å². The first-order chi connectivity index (χ1) is 8.83. The quantitative estimate of drug-likeness (QED) is 0.743. The van der Waals surface area contributed by atoms with E-state index in [1.165, 1.54) is 12.3 Å². The highest BCUT2D eigenvalue weighted by atomic mass is 16.3. The first kappa shape index (κ1) is 10.5. The van der Waals surface area contributed by atoms with Crippen LogP contribution in [0.15, 0.2) is 58.2 Å². The Kier molecular flexibility index (Phi) is 2.49. The second-order valence-corrected chi connectivity index (χ2v) is 3.69. The van der Waals surface area contributed by atoms with Crippen molar-refractivity contribution < 1.29 is 4.42 Å². The maximum Gasteiger partial charge on any atom is 0.251 e. The van der Waals surface area contributed by atoms with Crippen LogP contribution in [0.4, 0.5) is 0 Å². The largest absolute Gasteiger partial charge is 0.463 e. The van der Waals surface area contributed by atoms with E-state index in [2.05, 4.69) is 15.0 Å². The summed E-state index contributed by atoms with van der Waals surface area (Å²) in [6.45, 7) is 0. The number of nitrogens with one attached hydrogen (secondary N) is 1. The van der Waals surface area contributed by atoms with Crippen LogP contribution in [-0.2, 0) is 0 Å². The predicted molar refractivity (Wildman–Crippen MR) is 65.8 cm³/mol. The monoisotopic (exact) mass is 239 g/mol. The summed E-state index contributed by atoms with van der Waals surface area (Å²) in [7, 11) is 0. The minimum Gasteiger partial charge on any atom is -0.463 e. The van der Waals surface area contributed by atoms with Crippen LogP contribution in [0.5, 0.6) is 0 Å². The van der Waals surface area contributed by atoms with E-state index in [4.69, 9.17) is 4.42 Å². The van der Waals surface area contributed by atoms with E-state index >= 15 is 0 Å². The molecule has 0 amide bonds. The highest BCUT2D eigenvalue weighted by Gasteiger charge is 2.05. The molecule has 3 aromatic heterocycles. The molecule has 1 N–H and O–H groups in total. The maximum absolute atomic E-state index is 11.2. The minimum absolute atomic E-state index is 0.184. The van der Waals surface area contributed by atoms with Gasteiger partial charge in [0, 0.05) is 24.0 Å². The topological polar surface area (TPSA) is 71.8 Å². The summed E-state index contributed by atoms with van der Waals surface area (Å²) >= 11 is 0. The fourth-order valence-corrected chi connectivity index (χ4v) is 1.65. The van der Waals surface area contributed by atoms with Crippen LogP contribution in [0.1, 0.15) is 0 Å². The van der Waals surface area contributed by atoms with E-state index in [0.29, 0.717) is 17.3 Å². The van der Waals surface area contributed by atoms with Crippen molar-refractivity contribution >= 4 is 0 Å². The number of hydrogen-bond acceptors (Lipinski definition) is 4. The lowest BCUT2D eigenvalue weighted by atomic mass is 10.2. The molecule has 88 valence electrons. The second kappa shape index (κ2) is 4.29. The Morgan fingerprint density at radius 3 is 2.78 bits per heavy atom. The van der Waals surface area contributed by atoms with E-state index in [0.717, 1.165) is 5.56 Å². The molecule has 5 heteroatoms. The molecule has 0 aliphatic carbocycles. The van der Waals surface area contributed by atoms with E-state index in [9.17, 15) is 4.79 Å². The van der Waals surface area contributed by atoms with Crippen molar-refractivity contribution in [2.75, 3.05) is 0 Å². The third kappa shape index (κ3) is 1.93. The van der Waals surface area contributed by atoms with E-state index in [-0.39, 0.29) is 5.56 Å². The molecule has 18 heavy (non-hydrogen) atoms. The third-order valence-electron chi connectivity index (χ3n) is 2.48. The Balaban J connectivity index is 2.09. The number of aromatic amines is 1. The van der Waals surface area contributed by atoms with Gasteiger partial charge in [0.15, 0.2) is 5.76 Å². The zero-order valence-corrected chi connectivity index (χ0v) is 9.33. The minimum atomic E-state index is -0.184. The van der Waals surface area contributed by atoms with Gasteiger partial charge >= 0.3 is 0 Å². The number of furan rings is 1. The molecule has 0 spiro atoms. The maximum atomic E-state index is 11.2. The lowest BCUT2D eigenvalue weighted by Gasteiger charge is -2.01. The molecule has 0 aliphatic heterocycles. The summed E-state index contributed by atoms with van der Waals surface area (Å²) in [6.07, 6.45) is 4.72. The molecule has 0 bridgehead atoms. The van der Waals surface area contributed by atoms with Crippen molar-refractivity contribution in [2.24, 2.45) is 0 Å². The van der Waals surface area contributed by atoms with Crippen LogP contribution in [-0.4, -0.2) is 15.0 Å². The van der Waals surface area contributed by atoms with Crippen molar-refractivity contribution in [3.05, 3.63) is 59.3 Å². The fraction of sp³-hybridized carbons (Fsp3) is 0. The Labute approximate surface area is 102 Å². The van der Waals surface area contributed by atoms with Gasteiger partial charge in [-0.3, -0.25) is 9.78 Å². The standard InChI is InChI=1S/C13H9N3O2/c17-12-4-6-15-13(16-12)9-3-5-14-10(8-9)11-2-1-7-18-11/h1-8H,(H,15,16,17). The van der Waals surface area contributed by atoms with Crippen LogP contribution in [0, 0.1) is 0 Å². The van der Waals surface area contributed by atoms with Crippen LogP contribution >= 0.6 is 0 Å². The van der Waals surface area contributed by atoms with Gasteiger partial charge in [-0.05, 0) is 24.3 Å². The van der Waals surface area contributed by atoms with Gasteiger partial charge in [0.05, 0.1) is 6.26 Å². The molecule has 0 saturated carbocycles. The molecule has 0 aromatic carbocycles. The Bertz CT molecular complexity index is 717. The van der Waals surface area contributed by atoms with Gasteiger partial charge in [0.1, 0.15) is 11.5 Å². The van der Waals surface area contributed by atoms with E-state index in [1.54, 1.807) is 24.6 Å².